The van der Waals surface area contributed by atoms with Crippen LogP contribution < -0.4 is 5.32 Å². The van der Waals surface area contributed by atoms with Crippen LogP contribution in [-0.4, -0.2) is 13.0 Å². The highest BCUT2D eigenvalue weighted by Gasteiger charge is 2.29. The van der Waals surface area contributed by atoms with Gasteiger partial charge in [-0.05, 0) is 30.6 Å². The van der Waals surface area contributed by atoms with Crippen LogP contribution in [0.15, 0.2) is 0 Å². The van der Waals surface area contributed by atoms with E-state index in [0.717, 1.165) is 24.2 Å². The van der Waals surface area contributed by atoms with Crippen molar-refractivity contribution in [2.75, 3.05) is 7.05 Å². The molecule has 0 saturated heterocycles. The van der Waals surface area contributed by atoms with E-state index in [0.29, 0.717) is 6.42 Å². The Labute approximate surface area is 81.1 Å². The first-order valence-corrected chi connectivity index (χ1v) is 5.35. The summed E-state index contributed by atoms with van der Waals surface area (Å²) in [4.78, 5) is 11.0. The smallest absolute Gasteiger partial charge is 0.219 e. The van der Waals surface area contributed by atoms with Crippen LogP contribution in [0.25, 0.3) is 0 Å². The molecular weight excluding hydrogens is 162 g/mol. The average molecular weight is 183 g/mol. The Hall–Kier alpha value is -0.530. The normalized spacial score (nSPS) is 33.3. The van der Waals surface area contributed by atoms with Crippen molar-refractivity contribution in [2.24, 2.45) is 17.8 Å². The molecule has 1 amide bonds. The number of carbonyl (C=O) groups excluding carboxylic acids is 1. The molecule has 0 radical (unpaired) electrons. The van der Waals surface area contributed by atoms with Gasteiger partial charge >= 0.3 is 0 Å². The van der Waals surface area contributed by atoms with E-state index in [4.69, 9.17) is 0 Å². The lowest BCUT2D eigenvalue weighted by atomic mass is 9.89. The zero-order valence-electron chi connectivity index (χ0n) is 8.97. The van der Waals surface area contributed by atoms with Gasteiger partial charge in [-0.1, -0.05) is 20.3 Å². The minimum absolute atomic E-state index is 0.187. The van der Waals surface area contributed by atoms with E-state index < -0.39 is 0 Å². The Balaban J connectivity index is 2.26. The Morgan fingerprint density at radius 3 is 2.54 bits per heavy atom. The lowest BCUT2D eigenvalue weighted by molar-refractivity contribution is -0.120. The van der Waals surface area contributed by atoms with Gasteiger partial charge in [-0.2, -0.15) is 0 Å². The molecule has 2 unspecified atom stereocenters. The van der Waals surface area contributed by atoms with Crippen molar-refractivity contribution >= 4 is 5.91 Å². The molecule has 1 saturated carbocycles. The molecule has 1 aliphatic carbocycles. The summed E-state index contributed by atoms with van der Waals surface area (Å²) in [7, 11) is 1.71. The molecule has 3 atom stereocenters. The SMILES string of the molecule is CNC(=O)CCC1CC[C@@H](C)C1C. The van der Waals surface area contributed by atoms with Crippen molar-refractivity contribution in [1.29, 1.82) is 0 Å². The van der Waals surface area contributed by atoms with E-state index in [1.165, 1.54) is 12.8 Å². The van der Waals surface area contributed by atoms with Crippen LogP contribution in [0.1, 0.15) is 39.5 Å². The molecule has 0 aromatic rings. The standard InChI is InChI=1S/C11H21NO/c1-8-4-5-10(9(8)2)6-7-11(13)12-3/h8-10H,4-7H2,1-3H3,(H,12,13)/t8-,9?,10?/m1/s1. The molecule has 0 bridgehead atoms. The lowest BCUT2D eigenvalue weighted by Crippen LogP contribution is -2.19. The van der Waals surface area contributed by atoms with E-state index in [2.05, 4.69) is 19.2 Å². The number of amides is 1. The Bertz CT molecular complexity index is 179. The van der Waals surface area contributed by atoms with E-state index in [1.807, 2.05) is 0 Å². The van der Waals surface area contributed by atoms with Gasteiger partial charge in [0.1, 0.15) is 0 Å². The maximum Gasteiger partial charge on any atom is 0.219 e. The van der Waals surface area contributed by atoms with Crippen molar-refractivity contribution in [3.05, 3.63) is 0 Å². The van der Waals surface area contributed by atoms with Crippen LogP contribution in [0, 0.1) is 17.8 Å². The molecule has 0 spiro atoms. The molecule has 0 aromatic heterocycles. The fraction of sp³-hybridized carbons (Fsp3) is 0.909. The van der Waals surface area contributed by atoms with Gasteiger partial charge in [-0.25, -0.2) is 0 Å². The minimum atomic E-state index is 0.187. The molecule has 0 heterocycles. The van der Waals surface area contributed by atoms with Crippen LogP contribution in [0.3, 0.4) is 0 Å². The van der Waals surface area contributed by atoms with Crippen LogP contribution >= 0.6 is 0 Å². The monoisotopic (exact) mass is 183 g/mol. The third-order valence-electron chi connectivity index (χ3n) is 3.65. The van der Waals surface area contributed by atoms with E-state index in [1.54, 1.807) is 7.05 Å². The third kappa shape index (κ3) is 2.71. The maximum atomic E-state index is 11.0. The van der Waals surface area contributed by atoms with Crippen LogP contribution in [0.4, 0.5) is 0 Å². The Morgan fingerprint density at radius 1 is 1.38 bits per heavy atom. The molecule has 0 aromatic carbocycles. The van der Waals surface area contributed by atoms with Crippen LogP contribution in [-0.2, 0) is 4.79 Å². The van der Waals surface area contributed by atoms with Gasteiger partial charge < -0.3 is 5.32 Å². The Morgan fingerprint density at radius 2 is 2.08 bits per heavy atom. The largest absolute Gasteiger partial charge is 0.359 e. The predicted octanol–water partition coefficient (Wildman–Crippen LogP) is 2.19. The zero-order chi connectivity index (χ0) is 9.84. The summed E-state index contributed by atoms with van der Waals surface area (Å²) in [6.07, 6.45) is 4.45. The first-order chi connectivity index (χ1) is 6.15. The summed E-state index contributed by atoms with van der Waals surface area (Å²) in [5.74, 6) is 2.64. The molecular formula is C11H21NO. The molecule has 2 nitrogen and oxygen atoms in total. The van der Waals surface area contributed by atoms with Crippen molar-refractivity contribution in [1.82, 2.24) is 5.32 Å². The molecule has 2 heteroatoms. The molecule has 1 N–H and O–H groups in total. The molecule has 0 aliphatic heterocycles. The van der Waals surface area contributed by atoms with Gasteiger partial charge in [0.25, 0.3) is 0 Å². The fourth-order valence-electron chi connectivity index (χ4n) is 2.32. The Kier molecular flexibility index (Phi) is 3.76. The predicted molar refractivity (Wildman–Crippen MR) is 54.4 cm³/mol. The van der Waals surface area contributed by atoms with E-state index >= 15 is 0 Å². The van der Waals surface area contributed by atoms with Crippen LogP contribution in [0.5, 0.6) is 0 Å². The second kappa shape index (κ2) is 4.64. The molecule has 1 rings (SSSR count). The van der Waals surface area contributed by atoms with Crippen LogP contribution in [0.2, 0.25) is 0 Å². The second-order valence-electron chi connectivity index (χ2n) is 4.39. The van der Waals surface area contributed by atoms with Crippen molar-refractivity contribution in [3.63, 3.8) is 0 Å². The molecule has 1 aliphatic rings. The first kappa shape index (κ1) is 10.6. The highest BCUT2D eigenvalue weighted by atomic mass is 16.1. The van der Waals surface area contributed by atoms with E-state index in [-0.39, 0.29) is 5.91 Å². The highest BCUT2D eigenvalue weighted by molar-refractivity contribution is 5.75. The third-order valence-corrected chi connectivity index (χ3v) is 3.65. The fourth-order valence-corrected chi connectivity index (χ4v) is 2.32. The van der Waals surface area contributed by atoms with E-state index in [9.17, 15) is 4.79 Å². The quantitative estimate of drug-likeness (QED) is 0.714. The lowest BCUT2D eigenvalue weighted by Gasteiger charge is -2.17. The van der Waals surface area contributed by atoms with Crippen molar-refractivity contribution in [2.45, 2.75) is 39.5 Å². The van der Waals surface area contributed by atoms with Gasteiger partial charge in [0.05, 0.1) is 0 Å². The minimum Gasteiger partial charge on any atom is -0.359 e. The van der Waals surface area contributed by atoms with Gasteiger partial charge in [-0.3, -0.25) is 4.79 Å². The number of rotatable bonds is 3. The van der Waals surface area contributed by atoms with Gasteiger partial charge in [0, 0.05) is 13.5 Å². The zero-order valence-corrected chi connectivity index (χ0v) is 8.97. The van der Waals surface area contributed by atoms with Gasteiger partial charge in [0.2, 0.25) is 5.91 Å². The van der Waals surface area contributed by atoms with Crippen molar-refractivity contribution in [3.8, 4) is 0 Å². The molecule has 13 heavy (non-hydrogen) atoms. The average Bonchev–Trinajstić information content (AvgIpc) is 2.44. The molecule has 1 fully saturated rings. The summed E-state index contributed by atoms with van der Waals surface area (Å²) in [5, 5.41) is 2.68. The van der Waals surface area contributed by atoms with Gasteiger partial charge in [0.15, 0.2) is 0 Å². The summed E-state index contributed by atoms with van der Waals surface area (Å²) in [6, 6.07) is 0. The first-order valence-electron chi connectivity index (χ1n) is 5.35. The number of nitrogens with one attached hydrogen (secondary N) is 1. The summed E-state index contributed by atoms with van der Waals surface area (Å²) >= 11 is 0. The van der Waals surface area contributed by atoms with Crippen molar-refractivity contribution < 1.29 is 4.79 Å². The number of hydrogen-bond acceptors (Lipinski definition) is 1. The summed E-state index contributed by atoms with van der Waals surface area (Å²) < 4.78 is 0. The maximum absolute atomic E-state index is 11.0. The topological polar surface area (TPSA) is 29.1 Å². The second-order valence-corrected chi connectivity index (χ2v) is 4.39. The number of hydrogen-bond donors (Lipinski definition) is 1. The summed E-state index contributed by atoms with van der Waals surface area (Å²) in [5.41, 5.74) is 0. The number of carbonyl (C=O) groups is 1. The summed E-state index contributed by atoms with van der Waals surface area (Å²) in [6.45, 7) is 4.65. The van der Waals surface area contributed by atoms with Gasteiger partial charge in [-0.15, -0.1) is 0 Å². The molecule has 76 valence electrons. The highest BCUT2D eigenvalue weighted by Crippen LogP contribution is 2.38.